The van der Waals surface area contributed by atoms with E-state index in [0.29, 0.717) is 10.7 Å². The molecule has 0 aromatic heterocycles. The first-order chi connectivity index (χ1) is 14.6. The first-order valence-electron chi connectivity index (χ1n) is 10.1. The summed E-state index contributed by atoms with van der Waals surface area (Å²) in [5.74, 6) is 0. The lowest BCUT2D eigenvalue weighted by atomic mass is 10.0. The van der Waals surface area contributed by atoms with Gasteiger partial charge in [-0.05, 0) is 42.8 Å². The standard InChI is InChI=1S/C24H25ClN4O/c1-17-4-2-5-18(16-17)21-6-3-7-22(23(21)25)28-24(30)27-19-8-10-20(11-9-19)29-14-12-26-13-15-29/h2-11,16,26H,12-15H2,1H3,(H2,27,28,30). The fourth-order valence-electron chi connectivity index (χ4n) is 3.63. The molecule has 6 heteroatoms. The minimum Gasteiger partial charge on any atom is -0.369 e. The molecule has 5 nitrogen and oxygen atoms in total. The lowest BCUT2D eigenvalue weighted by Gasteiger charge is -2.29. The third-order valence-corrected chi connectivity index (χ3v) is 5.59. The monoisotopic (exact) mass is 420 g/mol. The molecule has 0 atom stereocenters. The SMILES string of the molecule is Cc1cccc(-c2cccc(NC(=O)Nc3ccc(N4CCNCC4)cc3)c2Cl)c1. The second-order valence-corrected chi connectivity index (χ2v) is 7.78. The first kappa shape index (κ1) is 20.3. The molecule has 0 spiro atoms. The Kier molecular flexibility index (Phi) is 6.21. The molecule has 0 bridgehead atoms. The van der Waals surface area contributed by atoms with Gasteiger partial charge in [-0.1, -0.05) is 53.6 Å². The molecule has 2 amide bonds. The number of piperazine rings is 1. The minimum atomic E-state index is -0.326. The Bertz CT molecular complexity index is 1030. The highest BCUT2D eigenvalue weighted by Crippen LogP contribution is 2.34. The predicted molar refractivity (Wildman–Crippen MR) is 126 cm³/mol. The number of carbonyl (C=O) groups excluding carboxylic acids is 1. The van der Waals surface area contributed by atoms with Gasteiger partial charge in [0.05, 0.1) is 10.7 Å². The largest absolute Gasteiger partial charge is 0.369 e. The maximum absolute atomic E-state index is 12.5. The van der Waals surface area contributed by atoms with Crippen LogP contribution in [0.3, 0.4) is 0 Å². The number of rotatable bonds is 4. The highest BCUT2D eigenvalue weighted by atomic mass is 35.5. The van der Waals surface area contributed by atoms with Crippen molar-refractivity contribution in [2.24, 2.45) is 0 Å². The summed E-state index contributed by atoms with van der Waals surface area (Å²) in [6, 6.07) is 21.3. The van der Waals surface area contributed by atoms with Crippen LogP contribution in [0.5, 0.6) is 0 Å². The summed E-state index contributed by atoms with van der Waals surface area (Å²) in [4.78, 5) is 14.9. The summed E-state index contributed by atoms with van der Waals surface area (Å²) in [7, 11) is 0. The van der Waals surface area contributed by atoms with E-state index in [-0.39, 0.29) is 6.03 Å². The molecule has 1 aliphatic heterocycles. The van der Waals surface area contributed by atoms with Crippen molar-refractivity contribution in [2.45, 2.75) is 6.92 Å². The first-order valence-corrected chi connectivity index (χ1v) is 10.5. The molecule has 0 radical (unpaired) electrons. The molecule has 154 valence electrons. The average Bonchev–Trinajstić information content (AvgIpc) is 2.76. The van der Waals surface area contributed by atoms with Crippen LogP contribution < -0.4 is 20.9 Å². The summed E-state index contributed by atoms with van der Waals surface area (Å²) < 4.78 is 0. The van der Waals surface area contributed by atoms with E-state index in [1.54, 1.807) is 6.07 Å². The maximum atomic E-state index is 12.5. The van der Waals surface area contributed by atoms with E-state index in [2.05, 4.69) is 26.9 Å². The number of carbonyl (C=O) groups is 1. The van der Waals surface area contributed by atoms with Crippen LogP contribution in [0, 0.1) is 6.92 Å². The molecule has 3 N–H and O–H groups in total. The van der Waals surface area contributed by atoms with Crippen molar-refractivity contribution in [2.75, 3.05) is 41.7 Å². The maximum Gasteiger partial charge on any atom is 0.323 e. The zero-order valence-corrected chi connectivity index (χ0v) is 17.7. The molecule has 1 aliphatic rings. The van der Waals surface area contributed by atoms with Gasteiger partial charge in [0.25, 0.3) is 0 Å². The fourth-order valence-corrected chi connectivity index (χ4v) is 3.91. The van der Waals surface area contributed by atoms with E-state index in [4.69, 9.17) is 11.6 Å². The van der Waals surface area contributed by atoms with Gasteiger partial charge < -0.3 is 20.9 Å². The average molecular weight is 421 g/mol. The number of amides is 2. The normalized spacial score (nSPS) is 13.7. The Morgan fingerprint density at radius 3 is 2.43 bits per heavy atom. The lowest BCUT2D eigenvalue weighted by Crippen LogP contribution is -2.43. The Hall–Kier alpha value is -3.02. The smallest absolute Gasteiger partial charge is 0.323 e. The summed E-state index contributed by atoms with van der Waals surface area (Å²) in [6.07, 6.45) is 0. The summed E-state index contributed by atoms with van der Waals surface area (Å²) in [5, 5.41) is 9.61. The van der Waals surface area contributed by atoms with Crippen molar-refractivity contribution in [3.05, 3.63) is 77.3 Å². The Balaban J connectivity index is 1.43. The van der Waals surface area contributed by atoms with Crippen molar-refractivity contribution in [1.29, 1.82) is 0 Å². The zero-order chi connectivity index (χ0) is 20.9. The van der Waals surface area contributed by atoms with Crippen LogP contribution in [0.15, 0.2) is 66.7 Å². The second kappa shape index (κ2) is 9.20. The van der Waals surface area contributed by atoms with Crippen LogP contribution in [0.1, 0.15) is 5.56 Å². The number of hydrogen-bond acceptors (Lipinski definition) is 3. The summed E-state index contributed by atoms with van der Waals surface area (Å²) in [6.45, 7) is 6.00. The van der Waals surface area contributed by atoms with Gasteiger partial charge in [-0.3, -0.25) is 0 Å². The van der Waals surface area contributed by atoms with Crippen LogP contribution in [-0.2, 0) is 0 Å². The van der Waals surface area contributed by atoms with Gasteiger partial charge in [0, 0.05) is 43.1 Å². The number of benzene rings is 3. The van der Waals surface area contributed by atoms with E-state index in [1.165, 1.54) is 0 Å². The van der Waals surface area contributed by atoms with Crippen molar-refractivity contribution >= 4 is 34.7 Å². The van der Waals surface area contributed by atoms with Crippen LogP contribution >= 0.6 is 11.6 Å². The van der Waals surface area contributed by atoms with Gasteiger partial charge in [-0.15, -0.1) is 0 Å². The van der Waals surface area contributed by atoms with Gasteiger partial charge in [0.2, 0.25) is 0 Å². The molecule has 1 saturated heterocycles. The molecule has 4 rings (SSSR count). The van der Waals surface area contributed by atoms with E-state index in [1.807, 2.05) is 61.5 Å². The van der Waals surface area contributed by atoms with E-state index < -0.39 is 0 Å². The van der Waals surface area contributed by atoms with Crippen molar-refractivity contribution in [3.63, 3.8) is 0 Å². The number of anilines is 3. The molecule has 0 saturated carbocycles. The highest BCUT2D eigenvalue weighted by Gasteiger charge is 2.12. The highest BCUT2D eigenvalue weighted by molar-refractivity contribution is 6.36. The quantitative estimate of drug-likeness (QED) is 0.531. The molecule has 0 unspecified atom stereocenters. The topological polar surface area (TPSA) is 56.4 Å². The Morgan fingerprint density at radius 1 is 0.967 bits per heavy atom. The van der Waals surface area contributed by atoms with Crippen LogP contribution in [0.25, 0.3) is 11.1 Å². The van der Waals surface area contributed by atoms with Gasteiger partial charge >= 0.3 is 6.03 Å². The van der Waals surface area contributed by atoms with Crippen LogP contribution in [-0.4, -0.2) is 32.2 Å². The summed E-state index contributed by atoms with van der Waals surface area (Å²) >= 11 is 6.60. The Labute approximate surface area is 182 Å². The van der Waals surface area contributed by atoms with Crippen molar-refractivity contribution < 1.29 is 4.79 Å². The molecule has 1 heterocycles. The van der Waals surface area contributed by atoms with Crippen LogP contribution in [0.2, 0.25) is 5.02 Å². The number of nitrogens with one attached hydrogen (secondary N) is 3. The summed E-state index contributed by atoms with van der Waals surface area (Å²) in [5.41, 5.74) is 5.54. The van der Waals surface area contributed by atoms with Crippen molar-refractivity contribution in [3.8, 4) is 11.1 Å². The molecule has 3 aromatic rings. The lowest BCUT2D eigenvalue weighted by molar-refractivity contribution is 0.262. The molecule has 0 aliphatic carbocycles. The number of hydrogen-bond donors (Lipinski definition) is 3. The van der Waals surface area contributed by atoms with E-state index in [0.717, 1.165) is 54.2 Å². The van der Waals surface area contributed by atoms with E-state index >= 15 is 0 Å². The molecule has 30 heavy (non-hydrogen) atoms. The minimum absolute atomic E-state index is 0.326. The third kappa shape index (κ3) is 4.75. The molecular weight excluding hydrogens is 396 g/mol. The van der Waals surface area contributed by atoms with Gasteiger partial charge in [0.1, 0.15) is 0 Å². The number of aryl methyl sites for hydroxylation is 1. The van der Waals surface area contributed by atoms with Crippen LogP contribution in [0.4, 0.5) is 21.9 Å². The fraction of sp³-hybridized carbons (Fsp3) is 0.208. The molecule has 3 aromatic carbocycles. The van der Waals surface area contributed by atoms with Crippen molar-refractivity contribution in [1.82, 2.24) is 5.32 Å². The van der Waals surface area contributed by atoms with E-state index in [9.17, 15) is 4.79 Å². The number of nitrogens with zero attached hydrogens (tertiary/aromatic N) is 1. The third-order valence-electron chi connectivity index (χ3n) is 5.18. The zero-order valence-electron chi connectivity index (χ0n) is 16.9. The predicted octanol–water partition coefficient (Wildman–Crippen LogP) is 5.37. The van der Waals surface area contributed by atoms with Gasteiger partial charge in [-0.2, -0.15) is 0 Å². The number of halogens is 1. The van der Waals surface area contributed by atoms with Gasteiger partial charge in [0.15, 0.2) is 0 Å². The van der Waals surface area contributed by atoms with Gasteiger partial charge in [-0.25, -0.2) is 4.79 Å². The molecular formula is C24H25ClN4O. The second-order valence-electron chi connectivity index (χ2n) is 7.40. The number of urea groups is 1. The molecule has 1 fully saturated rings. The Morgan fingerprint density at radius 2 is 1.70 bits per heavy atom.